The van der Waals surface area contributed by atoms with E-state index in [9.17, 15) is 4.79 Å². The van der Waals surface area contributed by atoms with E-state index in [1.165, 1.54) is 6.92 Å². The topological polar surface area (TPSA) is 29.5 Å². The summed E-state index contributed by atoms with van der Waals surface area (Å²) in [6.07, 6.45) is 0.855. The number of rotatable bonds is 2. The fraction of sp³-hybridized carbons (Fsp3) is 0.500. The van der Waals surface area contributed by atoms with Gasteiger partial charge in [-0.05, 0) is 19.5 Å². The Morgan fingerprint density at radius 2 is 2.06 bits per heavy atom. The van der Waals surface area contributed by atoms with Crippen molar-refractivity contribution < 1.29 is 9.53 Å². The fourth-order valence-electron chi connectivity index (χ4n) is 2.66. The molecule has 0 aliphatic carbocycles. The van der Waals surface area contributed by atoms with E-state index in [1.54, 1.807) is 0 Å². The summed E-state index contributed by atoms with van der Waals surface area (Å²) in [7, 11) is 2.07. The Hall–Kier alpha value is -1.35. The maximum Gasteiger partial charge on any atom is 0.303 e. The Labute approximate surface area is 102 Å². The number of nitrogens with zero attached hydrogens (tertiary/aromatic N) is 1. The van der Waals surface area contributed by atoms with E-state index < -0.39 is 5.60 Å². The summed E-state index contributed by atoms with van der Waals surface area (Å²) in [5.74, 6) is -0.212. The van der Waals surface area contributed by atoms with Crippen LogP contribution >= 0.6 is 0 Å². The molecule has 3 heteroatoms. The third kappa shape index (κ3) is 2.07. The molecule has 0 spiro atoms. The molecule has 0 aromatic heterocycles. The minimum absolute atomic E-state index is 0.203. The summed E-state index contributed by atoms with van der Waals surface area (Å²) >= 11 is 0. The molecule has 17 heavy (non-hydrogen) atoms. The van der Waals surface area contributed by atoms with Gasteiger partial charge in [-0.3, -0.25) is 9.69 Å². The Balaban J connectivity index is 2.41. The molecule has 0 unspecified atom stereocenters. The molecule has 1 saturated heterocycles. The van der Waals surface area contributed by atoms with Gasteiger partial charge in [-0.1, -0.05) is 30.3 Å². The zero-order chi connectivity index (χ0) is 12.5. The third-order valence-electron chi connectivity index (χ3n) is 3.76. The van der Waals surface area contributed by atoms with Crippen LogP contribution in [0.2, 0.25) is 0 Å². The van der Waals surface area contributed by atoms with Crippen molar-refractivity contribution in [2.45, 2.75) is 31.9 Å². The molecular formula is C14H19NO2. The van der Waals surface area contributed by atoms with Gasteiger partial charge < -0.3 is 4.74 Å². The van der Waals surface area contributed by atoms with Crippen molar-refractivity contribution in [1.29, 1.82) is 0 Å². The van der Waals surface area contributed by atoms with Gasteiger partial charge in [-0.25, -0.2) is 0 Å². The molecule has 0 amide bonds. The minimum Gasteiger partial charge on any atom is -0.453 e. The number of benzene rings is 1. The maximum atomic E-state index is 11.4. The van der Waals surface area contributed by atoms with Crippen LogP contribution in [0.1, 0.15) is 25.8 Å². The highest BCUT2D eigenvalue weighted by Gasteiger charge is 2.47. The number of ether oxygens (including phenoxy) is 1. The molecule has 0 N–H and O–H groups in total. The molecule has 1 heterocycles. The van der Waals surface area contributed by atoms with Gasteiger partial charge in [0, 0.05) is 19.9 Å². The van der Waals surface area contributed by atoms with Crippen LogP contribution in [0.5, 0.6) is 0 Å². The van der Waals surface area contributed by atoms with Crippen molar-refractivity contribution in [2.24, 2.45) is 0 Å². The van der Waals surface area contributed by atoms with Crippen molar-refractivity contribution >= 4 is 5.97 Å². The van der Waals surface area contributed by atoms with Crippen molar-refractivity contribution in [3.05, 3.63) is 35.9 Å². The van der Waals surface area contributed by atoms with Crippen molar-refractivity contribution in [1.82, 2.24) is 4.90 Å². The smallest absolute Gasteiger partial charge is 0.303 e. The largest absolute Gasteiger partial charge is 0.453 e. The zero-order valence-electron chi connectivity index (χ0n) is 10.6. The van der Waals surface area contributed by atoms with Crippen LogP contribution in [0.3, 0.4) is 0 Å². The Morgan fingerprint density at radius 3 is 2.53 bits per heavy atom. The van der Waals surface area contributed by atoms with Crippen molar-refractivity contribution in [3.8, 4) is 0 Å². The number of carbonyl (C=O) groups is 1. The number of hydrogen-bond acceptors (Lipinski definition) is 3. The van der Waals surface area contributed by atoms with Crippen LogP contribution in [-0.2, 0) is 15.1 Å². The Morgan fingerprint density at radius 1 is 1.41 bits per heavy atom. The van der Waals surface area contributed by atoms with E-state index in [4.69, 9.17) is 4.74 Å². The van der Waals surface area contributed by atoms with Gasteiger partial charge in [-0.15, -0.1) is 0 Å². The van der Waals surface area contributed by atoms with Gasteiger partial charge >= 0.3 is 5.97 Å². The molecule has 1 aromatic rings. The molecule has 1 aliphatic rings. The lowest BCUT2D eigenvalue weighted by molar-refractivity contribution is -0.160. The van der Waals surface area contributed by atoms with Crippen LogP contribution < -0.4 is 0 Å². The second kappa shape index (κ2) is 4.49. The number of carbonyl (C=O) groups excluding carboxylic acids is 1. The second-order valence-corrected chi connectivity index (χ2v) is 4.76. The average molecular weight is 233 g/mol. The molecule has 1 aliphatic heterocycles. The van der Waals surface area contributed by atoms with E-state index in [2.05, 4.69) is 18.9 Å². The van der Waals surface area contributed by atoms with Gasteiger partial charge in [0.15, 0.2) is 5.60 Å². The molecule has 3 nitrogen and oxygen atoms in total. The van der Waals surface area contributed by atoms with Crippen LogP contribution in [0.25, 0.3) is 0 Å². The predicted octanol–water partition coefficient (Wildman–Crippen LogP) is 2.17. The summed E-state index contributed by atoms with van der Waals surface area (Å²) in [6, 6.07) is 10.2. The SMILES string of the molecule is CC(=O)O[C@]1(c2ccccc2)CCN(C)[C@@H]1C. The monoisotopic (exact) mass is 233 g/mol. The quantitative estimate of drug-likeness (QED) is 0.733. The molecule has 0 radical (unpaired) electrons. The van der Waals surface area contributed by atoms with Crippen molar-refractivity contribution in [3.63, 3.8) is 0 Å². The fourth-order valence-corrected chi connectivity index (χ4v) is 2.66. The first-order valence-corrected chi connectivity index (χ1v) is 6.01. The van der Waals surface area contributed by atoms with Crippen molar-refractivity contribution in [2.75, 3.05) is 13.6 Å². The summed E-state index contributed by atoms with van der Waals surface area (Å²) in [6.45, 7) is 4.54. The third-order valence-corrected chi connectivity index (χ3v) is 3.76. The number of hydrogen-bond donors (Lipinski definition) is 0. The zero-order valence-corrected chi connectivity index (χ0v) is 10.6. The first kappa shape index (κ1) is 12.1. The van der Waals surface area contributed by atoms with Gasteiger partial charge in [0.1, 0.15) is 0 Å². The summed E-state index contributed by atoms with van der Waals surface area (Å²) in [5, 5.41) is 0. The van der Waals surface area contributed by atoms with Crippen LogP contribution in [0.4, 0.5) is 0 Å². The number of likely N-dealkylation sites (tertiary alicyclic amines) is 1. The molecule has 0 saturated carbocycles. The molecule has 92 valence electrons. The van der Waals surface area contributed by atoms with E-state index in [1.807, 2.05) is 30.3 Å². The first-order chi connectivity index (χ1) is 8.06. The number of likely N-dealkylation sites (N-methyl/N-ethyl adjacent to an activating group) is 1. The van der Waals surface area contributed by atoms with Gasteiger partial charge in [0.2, 0.25) is 0 Å². The van der Waals surface area contributed by atoms with E-state index in [0.29, 0.717) is 0 Å². The minimum atomic E-state index is -0.484. The average Bonchev–Trinajstić information content (AvgIpc) is 2.59. The molecule has 1 fully saturated rings. The molecular weight excluding hydrogens is 214 g/mol. The maximum absolute atomic E-state index is 11.4. The highest BCUT2D eigenvalue weighted by Crippen LogP contribution is 2.40. The highest BCUT2D eigenvalue weighted by atomic mass is 16.6. The van der Waals surface area contributed by atoms with Gasteiger partial charge in [0.25, 0.3) is 0 Å². The summed E-state index contributed by atoms with van der Waals surface area (Å²) in [4.78, 5) is 13.6. The van der Waals surface area contributed by atoms with Gasteiger partial charge in [-0.2, -0.15) is 0 Å². The van der Waals surface area contributed by atoms with E-state index in [0.717, 1.165) is 18.5 Å². The van der Waals surface area contributed by atoms with Crippen LogP contribution in [0, 0.1) is 0 Å². The molecule has 0 bridgehead atoms. The first-order valence-electron chi connectivity index (χ1n) is 6.01. The summed E-state index contributed by atoms with van der Waals surface area (Å²) < 4.78 is 5.69. The number of esters is 1. The lowest BCUT2D eigenvalue weighted by Gasteiger charge is -2.34. The lowest BCUT2D eigenvalue weighted by Crippen LogP contribution is -2.42. The Bertz CT molecular complexity index is 404. The second-order valence-electron chi connectivity index (χ2n) is 4.76. The molecule has 1 aromatic carbocycles. The predicted molar refractivity (Wildman–Crippen MR) is 66.6 cm³/mol. The highest BCUT2D eigenvalue weighted by molar-refractivity contribution is 5.67. The lowest BCUT2D eigenvalue weighted by atomic mass is 9.87. The van der Waals surface area contributed by atoms with E-state index in [-0.39, 0.29) is 12.0 Å². The van der Waals surface area contributed by atoms with E-state index >= 15 is 0 Å². The normalized spacial score (nSPS) is 29.2. The van der Waals surface area contributed by atoms with Gasteiger partial charge in [0.05, 0.1) is 6.04 Å². The molecule has 2 atom stereocenters. The van der Waals surface area contributed by atoms with Crippen LogP contribution in [0.15, 0.2) is 30.3 Å². The standard InChI is InChI=1S/C14H19NO2/c1-11-14(17-12(2)16,9-10-15(11)3)13-7-5-4-6-8-13/h4-8,11H,9-10H2,1-3H3/t11-,14-/m1/s1. The Kier molecular flexibility index (Phi) is 3.20. The molecule has 2 rings (SSSR count). The summed E-state index contributed by atoms with van der Waals surface area (Å²) in [5.41, 5.74) is 0.606. The van der Waals surface area contributed by atoms with Crippen LogP contribution in [-0.4, -0.2) is 30.5 Å².